The van der Waals surface area contributed by atoms with E-state index in [1.54, 1.807) is 17.8 Å². The number of hydrogen-bond acceptors (Lipinski definition) is 4. The van der Waals surface area contributed by atoms with E-state index in [2.05, 4.69) is 16.9 Å². The van der Waals surface area contributed by atoms with Crippen molar-refractivity contribution >= 4 is 32.9 Å². The van der Waals surface area contributed by atoms with Crippen LogP contribution < -0.4 is 0 Å². The molecule has 0 saturated carbocycles. The summed E-state index contributed by atoms with van der Waals surface area (Å²) in [7, 11) is -4.18. The summed E-state index contributed by atoms with van der Waals surface area (Å²) in [6, 6.07) is 4.42. The highest BCUT2D eigenvalue weighted by atomic mass is 32.2. The van der Waals surface area contributed by atoms with Crippen LogP contribution in [0.2, 0.25) is 0 Å². The molecule has 2 N–H and O–H groups in total. The van der Waals surface area contributed by atoms with Crippen LogP contribution in [0.15, 0.2) is 28.3 Å². The number of imidazole rings is 1. The summed E-state index contributed by atoms with van der Waals surface area (Å²) >= 11 is 1.67. The number of fused-ring (bicyclic) bond motifs is 1. The molecule has 1 heterocycles. The Morgan fingerprint density at radius 2 is 1.40 bits per heavy atom. The third-order valence-corrected chi connectivity index (χ3v) is 7.28. The van der Waals surface area contributed by atoms with Crippen molar-refractivity contribution in [2.45, 2.75) is 107 Å². The van der Waals surface area contributed by atoms with Crippen molar-refractivity contribution in [2.75, 3.05) is 5.75 Å². The molecule has 0 aliphatic carbocycles. The maximum absolute atomic E-state index is 11.2. The van der Waals surface area contributed by atoms with Gasteiger partial charge in [-0.25, -0.2) is 4.98 Å². The van der Waals surface area contributed by atoms with Gasteiger partial charge < -0.3 is 4.98 Å². The van der Waals surface area contributed by atoms with Gasteiger partial charge in [0.05, 0.1) is 15.9 Å². The van der Waals surface area contributed by atoms with Gasteiger partial charge in [0.1, 0.15) is 0 Å². The van der Waals surface area contributed by atoms with E-state index in [-0.39, 0.29) is 4.90 Å². The first-order valence-electron chi connectivity index (χ1n) is 11.6. The minimum atomic E-state index is -4.18. The van der Waals surface area contributed by atoms with Gasteiger partial charge in [-0.15, -0.1) is 0 Å². The molecule has 0 bridgehead atoms. The van der Waals surface area contributed by atoms with Crippen LogP contribution in [0.4, 0.5) is 0 Å². The quantitative estimate of drug-likeness (QED) is 0.148. The van der Waals surface area contributed by atoms with E-state index in [1.807, 2.05) is 0 Å². The molecular formula is C23H38N2O3S2. The lowest BCUT2D eigenvalue weighted by atomic mass is 10.0. The van der Waals surface area contributed by atoms with Crippen molar-refractivity contribution in [3.8, 4) is 0 Å². The minimum absolute atomic E-state index is 0.109. The van der Waals surface area contributed by atoms with Crippen LogP contribution in [-0.4, -0.2) is 28.7 Å². The van der Waals surface area contributed by atoms with Crippen molar-refractivity contribution in [3.05, 3.63) is 18.2 Å². The Balaban J connectivity index is 1.47. The molecule has 1 aromatic heterocycles. The molecule has 7 heteroatoms. The second kappa shape index (κ2) is 14.1. The standard InChI is InChI=1S/C23H38N2O3S2/c1-2-3-4-5-6-7-8-9-10-11-12-13-14-15-18-29-23-24-21-17-16-20(30(26,27)28)19-22(21)25-23/h16-17,19H,2-15,18H2,1H3,(H,24,25)(H,26,27,28). The molecule has 30 heavy (non-hydrogen) atoms. The number of aromatic amines is 1. The second-order valence-electron chi connectivity index (χ2n) is 8.14. The van der Waals surface area contributed by atoms with E-state index in [0.717, 1.165) is 17.3 Å². The summed E-state index contributed by atoms with van der Waals surface area (Å²) in [5.74, 6) is 1.00. The predicted molar refractivity (Wildman–Crippen MR) is 127 cm³/mol. The first kappa shape index (κ1) is 25.2. The number of nitrogens with one attached hydrogen (secondary N) is 1. The Morgan fingerprint density at radius 1 is 0.867 bits per heavy atom. The maximum atomic E-state index is 11.2. The summed E-state index contributed by atoms with van der Waals surface area (Å²) in [5.41, 5.74) is 1.35. The summed E-state index contributed by atoms with van der Waals surface area (Å²) in [6.07, 6.45) is 19.0. The van der Waals surface area contributed by atoms with Crippen molar-refractivity contribution in [2.24, 2.45) is 0 Å². The number of nitrogens with zero attached hydrogens (tertiary/aromatic N) is 1. The Morgan fingerprint density at radius 3 is 1.93 bits per heavy atom. The smallest absolute Gasteiger partial charge is 0.294 e. The molecule has 0 amide bonds. The van der Waals surface area contributed by atoms with E-state index in [9.17, 15) is 8.42 Å². The van der Waals surface area contributed by atoms with Crippen LogP contribution >= 0.6 is 11.8 Å². The lowest BCUT2D eigenvalue weighted by molar-refractivity contribution is 0.483. The number of H-pyrrole nitrogens is 1. The molecule has 0 atom stereocenters. The fraction of sp³-hybridized carbons (Fsp3) is 0.696. The predicted octanol–water partition coefficient (Wildman–Crippen LogP) is 7.38. The normalized spacial score (nSPS) is 12.1. The zero-order valence-corrected chi connectivity index (χ0v) is 20.0. The van der Waals surface area contributed by atoms with Gasteiger partial charge in [-0.1, -0.05) is 102 Å². The summed E-state index contributed by atoms with van der Waals surface area (Å²) in [4.78, 5) is 7.50. The topological polar surface area (TPSA) is 83.1 Å². The molecule has 2 rings (SSSR count). The van der Waals surface area contributed by atoms with E-state index >= 15 is 0 Å². The molecule has 0 fully saturated rings. The molecule has 170 valence electrons. The number of rotatable bonds is 17. The van der Waals surface area contributed by atoms with Crippen molar-refractivity contribution in [1.29, 1.82) is 0 Å². The second-order valence-corrected chi connectivity index (χ2v) is 10.6. The van der Waals surface area contributed by atoms with Gasteiger partial charge in [0.2, 0.25) is 0 Å². The maximum Gasteiger partial charge on any atom is 0.294 e. The third-order valence-electron chi connectivity index (χ3n) is 5.47. The third kappa shape index (κ3) is 9.84. The zero-order valence-electron chi connectivity index (χ0n) is 18.4. The number of unbranched alkanes of at least 4 members (excludes halogenated alkanes) is 13. The van der Waals surface area contributed by atoms with E-state index < -0.39 is 10.1 Å². The molecule has 0 spiro atoms. The summed E-state index contributed by atoms with van der Waals surface area (Å²) in [5, 5.41) is 0.798. The van der Waals surface area contributed by atoms with Gasteiger partial charge in [0.25, 0.3) is 10.1 Å². The van der Waals surface area contributed by atoms with Gasteiger partial charge >= 0.3 is 0 Å². The molecule has 5 nitrogen and oxygen atoms in total. The highest BCUT2D eigenvalue weighted by Crippen LogP contribution is 2.23. The molecule has 0 saturated heterocycles. The van der Waals surface area contributed by atoms with Crippen molar-refractivity contribution in [1.82, 2.24) is 9.97 Å². The fourth-order valence-corrected chi connectivity index (χ4v) is 5.05. The molecule has 1 aromatic carbocycles. The highest BCUT2D eigenvalue weighted by Gasteiger charge is 2.12. The lowest BCUT2D eigenvalue weighted by Crippen LogP contribution is -1.97. The van der Waals surface area contributed by atoms with E-state index in [4.69, 9.17) is 4.55 Å². The first-order valence-corrected chi connectivity index (χ1v) is 14.0. The number of benzene rings is 1. The Labute approximate surface area is 186 Å². The van der Waals surface area contributed by atoms with Crippen LogP contribution in [0.3, 0.4) is 0 Å². The van der Waals surface area contributed by atoms with Crippen LogP contribution in [0.25, 0.3) is 11.0 Å². The lowest BCUT2D eigenvalue weighted by Gasteiger charge is -2.03. The van der Waals surface area contributed by atoms with Crippen LogP contribution in [0.1, 0.15) is 96.8 Å². The van der Waals surface area contributed by atoms with Gasteiger partial charge in [-0.2, -0.15) is 8.42 Å². The average Bonchev–Trinajstić information content (AvgIpc) is 3.12. The Hall–Kier alpha value is -1.05. The molecular weight excluding hydrogens is 416 g/mol. The average molecular weight is 455 g/mol. The Kier molecular flexibility index (Phi) is 11.8. The van der Waals surface area contributed by atoms with Crippen LogP contribution in [-0.2, 0) is 10.1 Å². The van der Waals surface area contributed by atoms with Crippen molar-refractivity contribution in [3.63, 3.8) is 0 Å². The summed E-state index contributed by atoms with van der Waals surface area (Å²) < 4.78 is 31.6. The van der Waals surface area contributed by atoms with Crippen LogP contribution in [0, 0.1) is 0 Å². The van der Waals surface area contributed by atoms with Crippen LogP contribution in [0.5, 0.6) is 0 Å². The summed E-state index contributed by atoms with van der Waals surface area (Å²) in [6.45, 7) is 2.27. The van der Waals surface area contributed by atoms with Gasteiger partial charge in [0.15, 0.2) is 5.16 Å². The number of thioether (sulfide) groups is 1. The van der Waals surface area contributed by atoms with Gasteiger partial charge in [-0.05, 0) is 24.6 Å². The van der Waals surface area contributed by atoms with Crippen molar-refractivity contribution < 1.29 is 13.0 Å². The first-order chi connectivity index (χ1) is 14.5. The molecule has 0 unspecified atom stereocenters. The number of hydrogen-bond donors (Lipinski definition) is 2. The fourth-order valence-electron chi connectivity index (χ4n) is 3.66. The van der Waals surface area contributed by atoms with Gasteiger partial charge in [0, 0.05) is 5.75 Å². The van der Waals surface area contributed by atoms with Gasteiger partial charge in [-0.3, -0.25) is 4.55 Å². The highest BCUT2D eigenvalue weighted by molar-refractivity contribution is 7.99. The largest absolute Gasteiger partial charge is 0.333 e. The molecule has 0 aliphatic rings. The van der Waals surface area contributed by atoms with E-state index in [0.29, 0.717) is 11.0 Å². The number of aromatic nitrogens is 2. The minimum Gasteiger partial charge on any atom is -0.333 e. The Bertz CT molecular complexity index is 834. The molecule has 0 radical (unpaired) electrons. The SMILES string of the molecule is CCCCCCCCCCCCCCCCSc1nc2ccc(S(=O)(=O)O)cc2[nH]1. The zero-order chi connectivity index (χ0) is 21.7. The monoisotopic (exact) mass is 454 g/mol. The molecule has 2 aromatic rings. The van der Waals surface area contributed by atoms with E-state index in [1.165, 1.54) is 95.6 Å². The molecule has 0 aliphatic heterocycles.